The monoisotopic (exact) mass is 554 g/mol. The van der Waals surface area contributed by atoms with Gasteiger partial charge in [0, 0.05) is 17.8 Å². The van der Waals surface area contributed by atoms with Crippen LogP contribution in [0.4, 0.5) is 15.9 Å². The average molecular weight is 556 g/mol. The van der Waals surface area contributed by atoms with Crippen molar-refractivity contribution in [2.75, 3.05) is 25.3 Å². The van der Waals surface area contributed by atoms with E-state index in [1.807, 2.05) is 13.8 Å². The van der Waals surface area contributed by atoms with Crippen molar-refractivity contribution < 1.29 is 18.7 Å². The highest BCUT2D eigenvalue weighted by molar-refractivity contribution is 6.34. The van der Waals surface area contributed by atoms with Crippen molar-refractivity contribution in [1.29, 1.82) is 0 Å². The van der Waals surface area contributed by atoms with Crippen LogP contribution in [0.3, 0.4) is 0 Å². The van der Waals surface area contributed by atoms with Crippen LogP contribution in [0.5, 0.6) is 11.5 Å². The van der Waals surface area contributed by atoms with E-state index in [-0.39, 0.29) is 44.5 Å². The molecular weight excluding hydrogens is 534 g/mol. The van der Waals surface area contributed by atoms with Gasteiger partial charge in [-0.25, -0.2) is 15.0 Å². The fourth-order valence-corrected chi connectivity index (χ4v) is 3.91. The second-order valence-electron chi connectivity index (χ2n) is 6.95. The van der Waals surface area contributed by atoms with Gasteiger partial charge in [-0.1, -0.05) is 48.7 Å². The van der Waals surface area contributed by atoms with E-state index < -0.39 is 11.9 Å². The third-order valence-electron chi connectivity index (χ3n) is 4.81. The number of pyridine rings is 1. The summed E-state index contributed by atoms with van der Waals surface area (Å²) in [6.45, 7) is 4.00. The molecule has 190 valence electrons. The number of benzene rings is 1. The summed E-state index contributed by atoms with van der Waals surface area (Å²) in [4.78, 5) is 24.5. The number of ether oxygens (including phenoxy) is 2. The minimum Gasteiger partial charge on any atom is -0.493 e. The molecule has 36 heavy (non-hydrogen) atoms. The minimum atomic E-state index is -0.889. The summed E-state index contributed by atoms with van der Waals surface area (Å²) < 4.78 is 26.9. The summed E-state index contributed by atoms with van der Waals surface area (Å²) in [5.74, 6) is -0.558. The molecule has 0 fully saturated rings. The number of carbonyl (C=O) groups excluding carboxylic acids is 1. The van der Waals surface area contributed by atoms with E-state index in [0.717, 1.165) is 0 Å². The van der Waals surface area contributed by atoms with Gasteiger partial charge < -0.3 is 20.5 Å². The normalized spacial score (nSPS) is 10.6. The Balaban J connectivity index is 0.00000176. The highest BCUT2D eigenvalue weighted by Crippen LogP contribution is 2.39. The number of nitrogens with one attached hydrogen (secondary N) is 1. The molecule has 3 heterocycles. The Morgan fingerprint density at radius 2 is 1.75 bits per heavy atom. The first-order valence-electron chi connectivity index (χ1n) is 10.6. The van der Waals surface area contributed by atoms with E-state index >= 15 is 4.39 Å². The third-order valence-corrected chi connectivity index (χ3v) is 5.58. The van der Waals surface area contributed by atoms with Crippen molar-refractivity contribution in [1.82, 2.24) is 19.4 Å². The molecule has 0 aliphatic carbocycles. The number of nitrogen functional groups attached to an aromatic ring is 1. The third kappa shape index (κ3) is 5.56. The molecule has 0 spiro atoms. The Labute approximate surface area is 221 Å². The van der Waals surface area contributed by atoms with Gasteiger partial charge >= 0.3 is 0 Å². The Bertz CT molecular complexity index is 1430. The number of imidazole rings is 1. The number of hydrogen-bond donors (Lipinski definition) is 2. The lowest BCUT2D eigenvalue weighted by Crippen LogP contribution is -2.16. The number of amides is 1. The second kappa shape index (κ2) is 11.6. The van der Waals surface area contributed by atoms with E-state index in [4.69, 9.17) is 50.0 Å². The number of hydrogen-bond acceptors (Lipinski definition) is 7. The zero-order valence-corrected chi connectivity index (χ0v) is 22.0. The fourth-order valence-electron chi connectivity index (χ4n) is 3.31. The molecule has 4 aromatic rings. The molecule has 0 saturated carbocycles. The standard InChI is InChI=1S/C21H16Cl3FN6O3.C2H6/c1-33-13-6-10(11(22)7-14(13)34-2)17-19(25)30-18(24)21-27-9(8-31(17)21)5-16(32)28-12-3-4-15(23)29-20(12)26;1-2/h3-4,6-8H,5H2,1-2H3,(H2,26,29)(H,28,32);1-2H3. The minimum absolute atomic E-state index is 0.0179. The second-order valence-corrected chi connectivity index (χ2v) is 8.10. The van der Waals surface area contributed by atoms with E-state index in [0.29, 0.717) is 22.9 Å². The van der Waals surface area contributed by atoms with Crippen LogP contribution in [-0.2, 0) is 11.2 Å². The zero-order valence-electron chi connectivity index (χ0n) is 19.7. The highest BCUT2D eigenvalue weighted by Gasteiger charge is 2.22. The Morgan fingerprint density at radius 1 is 1.08 bits per heavy atom. The van der Waals surface area contributed by atoms with Crippen molar-refractivity contribution in [3.8, 4) is 22.8 Å². The smallest absolute Gasteiger partial charge is 0.239 e. The molecule has 1 amide bonds. The van der Waals surface area contributed by atoms with Crippen molar-refractivity contribution in [2.24, 2.45) is 0 Å². The van der Waals surface area contributed by atoms with E-state index in [9.17, 15) is 4.79 Å². The first-order chi connectivity index (χ1) is 17.2. The van der Waals surface area contributed by atoms with Crippen LogP contribution in [0.25, 0.3) is 16.9 Å². The quantitative estimate of drug-likeness (QED) is 0.293. The van der Waals surface area contributed by atoms with Gasteiger partial charge in [0.25, 0.3) is 0 Å². The lowest BCUT2D eigenvalue weighted by molar-refractivity contribution is -0.115. The summed E-state index contributed by atoms with van der Waals surface area (Å²) in [5.41, 5.74) is 6.75. The number of aromatic nitrogens is 4. The molecule has 1 aromatic carbocycles. The van der Waals surface area contributed by atoms with Crippen LogP contribution in [0, 0.1) is 5.95 Å². The molecule has 3 aromatic heterocycles. The number of anilines is 2. The Morgan fingerprint density at radius 3 is 2.39 bits per heavy atom. The van der Waals surface area contributed by atoms with Crippen molar-refractivity contribution in [3.63, 3.8) is 0 Å². The molecule has 0 atom stereocenters. The number of fused-ring (bicyclic) bond motifs is 1. The predicted octanol–water partition coefficient (Wildman–Crippen LogP) is 5.70. The van der Waals surface area contributed by atoms with Crippen molar-refractivity contribution in [2.45, 2.75) is 20.3 Å². The van der Waals surface area contributed by atoms with Crippen LogP contribution in [0.2, 0.25) is 15.3 Å². The maximum absolute atomic E-state index is 15.0. The molecule has 3 N–H and O–H groups in total. The van der Waals surface area contributed by atoms with Gasteiger partial charge in [0.15, 0.2) is 22.3 Å². The lowest BCUT2D eigenvalue weighted by Gasteiger charge is -2.13. The van der Waals surface area contributed by atoms with Crippen molar-refractivity contribution in [3.05, 3.63) is 57.4 Å². The molecule has 13 heteroatoms. The van der Waals surface area contributed by atoms with E-state index in [1.165, 1.54) is 49.1 Å². The van der Waals surface area contributed by atoms with E-state index in [1.54, 1.807) is 0 Å². The highest BCUT2D eigenvalue weighted by atomic mass is 35.5. The van der Waals surface area contributed by atoms with Gasteiger partial charge in [0.05, 0.1) is 37.0 Å². The SMILES string of the molecule is CC.COc1cc(Cl)c(-c2c(F)nc(Cl)c3nc(CC(=O)Nc4ccc(Cl)nc4N)cn23)cc1OC. The van der Waals surface area contributed by atoms with Gasteiger partial charge in [0.2, 0.25) is 11.9 Å². The first kappa shape index (κ1) is 27.3. The number of nitrogens with two attached hydrogens (primary N) is 1. The average Bonchev–Trinajstić information content (AvgIpc) is 3.26. The molecule has 0 radical (unpaired) electrons. The number of rotatable bonds is 6. The number of nitrogens with zero attached hydrogens (tertiary/aromatic N) is 4. The van der Waals surface area contributed by atoms with Crippen LogP contribution >= 0.6 is 34.8 Å². The molecule has 0 aliphatic rings. The predicted molar refractivity (Wildman–Crippen MR) is 139 cm³/mol. The van der Waals surface area contributed by atoms with Gasteiger partial charge in [-0.15, -0.1) is 0 Å². The van der Waals surface area contributed by atoms with Gasteiger partial charge in [-0.2, -0.15) is 4.39 Å². The van der Waals surface area contributed by atoms with Crippen LogP contribution in [0.1, 0.15) is 19.5 Å². The summed E-state index contributed by atoms with van der Waals surface area (Å²) in [7, 11) is 2.90. The summed E-state index contributed by atoms with van der Waals surface area (Å²) in [5, 5.41) is 2.82. The molecular formula is C23H22Cl3FN6O3. The van der Waals surface area contributed by atoms with Gasteiger partial charge in [-0.3, -0.25) is 9.20 Å². The summed E-state index contributed by atoms with van der Waals surface area (Å²) in [6.07, 6.45) is 1.30. The largest absolute Gasteiger partial charge is 0.493 e. The first-order valence-corrected chi connectivity index (χ1v) is 11.7. The zero-order chi connectivity index (χ0) is 26.6. The lowest BCUT2D eigenvalue weighted by atomic mass is 10.1. The molecule has 0 saturated heterocycles. The van der Waals surface area contributed by atoms with Gasteiger partial charge in [-0.05, 0) is 18.2 Å². The maximum Gasteiger partial charge on any atom is 0.239 e. The summed E-state index contributed by atoms with van der Waals surface area (Å²) >= 11 is 18.3. The topological polar surface area (TPSA) is 117 Å². The van der Waals surface area contributed by atoms with Crippen LogP contribution < -0.4 is 20.5 Å². The Kier molecular flexibility index (Phi) is 8.78. The maximum atomic E-state index is 15.0. The van der Waals surface area contributed by atoms with Crippen LogP contribution in [-0.4, -0.2) is 39.5 Å². The van der Waals surface area contributed by atoms with Gasteiger partial charge in [0.1, 0.15) is 16.7 Å². The number of methoxy groups -OCH3 is 2. The number of halogens is 4. The van der Waals surface area contributed by atoms with E-state index in [2.05, 4.69) is 20.3 Å². The molecule has 0 aliphatic heterocycles. The number of carbonyl (C=O) groups is 1. The molecule has 4 rings (SSSR count). The molecule has 0 bridgehead atoms. The van der Waals surface area contributed by atoms with Crippen molar-refractivity contribution >= 4 is 57.9 Å². The fraction of sp³-hybridized carbons (Fsp3) is 0.217. The van der Waals surface area contributed by atoms with Crippen LogP contribution in [0.15, 0.2) is 30.5 Å². The molecule has 0 unspecified atom stereocenters. The molecule has 9 nitrogen and oxygen atoms in total. The Hall–Kier alpha value is -3.34. The summed E-state index contributed by atoms with van der Waals surface area (Å²) in [6, 6.07) is 6.02.